The van der Waals surface area contributed by atoms with Crippen LogP contribution in [0.25, 0.3) is 0 Å². The van der Waals surface area contributed by atoms with Crippen molar-refractivity contribution in [1.82, 2.24) is 10.2 Å². The standard InChI is InChI=1S/C19H16ClF5N2O2/c1-2-27(9-13(28)26-8-10-3-5-11(20)6-4-10)14(29)7-12-15(21)17(23)19(25)18(24)16(12)22/h3-6H,2,7-9H2,1H3,(H,26,28). The van der Waals surface area contributed by atoms with Crippen LogP contribution < -0.4 is 5.32 Å². The van der Waals surface area contributed by atoms with Gasteiger partial charge in [-0.2, -0.15) is 0 Å². The third-order valence-corrected chi connectivity index (χ3v) is 4.35. The Kier molecular flexibility index (Phi) is 7.55. The summed E-state index contributed by atoms with van der Waals surface area (Å²) in [5.74, 6) is -12.2. The molecule has 0 unspecified atom stereocenters. The molecule has 2 rings (SSSR count). The molecule has 4 nitrogen and oxygen atoms in total. The monoisotopic (exact) mass is 434 g/mol. The molecule has 2 aromatic carbocycles. The molecular formula is C19H16ClF5N2O2. The van der Waals surface area contributed by atoms with Crippen LogP contribution in [0.3, 0.4) is 0 Å². The predicted octanol–water partition coefficient (Wildman–Crippen LogP) is 3.74. The summed E-state index contributed by atoms with van der Waals surface area (Å²) in [5.41, 5.74) is -0.495. The number of nitrogens with zero attached hydrogens (tertiary/aromatic N) is 1. The van der Waals surface area contributed by atoms with Crippen LogP contribution in [-0.4, -0.2) is 29.8 Å². The molecule has 0 bridgehead atoms. The second-order valence-corrected chi connectivity index (χ2v) is 6.47. The molecule has 0 saturated heterocycles. The number of likely N-dealkylation sites (N-methyl/N-ethyl adjacent to an activating group) is 1. The third-order valence-electron chi connectivity index (χ3n) is 4.10. The number of hydrogen-bond donors (Lipinski definition) is 1. The first kappa shape index (κ1) is 22.6. The van der Waals surface area contributed by atoms with Crippen molar-refractivity contribution in [3.05, 3.63) is 69.5 Å². The Balaban J connectivity index is 2.03. The summed E-state index contributed by atoms with van der Waals surface area (Å²) >= 11 is 5.76. The molecule has 2 amide bonds. The Morgan fingerprint density at radius 3 is 1.97 bits per heavy atom. The largest absolute Gasteiger partial charge is 0.350 e. The van der Waals surface area contributed by atoms with Crippen LogP contribution in [0.2, 0.25) is 5.02 Å². The van der Waals surface area contributed by atoms with Gasteiger partial charge in [-0.3, -0.25) is 9.59 Å². The van der Waals surface area contributed by atoms with Gasteiger partial charge in [0.2, 0.25) is 17.6 Å². The summed E-state index contributed by atoms with van der Waals surface area (Å²) in [5, 5.41) is 3.08. The highest BCUT2D eigenvalue weighted by Gasteiger charge is 2.28. The predicted molar refractivity (Wildman–Crippen MR) is 95.5 cm³/mol. The van der Waals surface area contributed by atoms with E-state index >= 15 is 0 Å². The maximum absolute atomic E-state index is 13.7. The summed E-state index contributed by atoms with van der Waals surface area (Å²) in [6.45, 7) is 1.20. The van der Waals surface area contributed by atoms with Crippen LogP contribution in [0.4, 0.5) is 22.0 Å². The van der Waals surface area contributed by atoms with Crippen molar-refractivity contribution in [2.45, 2.75) is 19.9 Å². The summed E-state index contributed by atoms with van der Waals surface area (Å²) in [6, 6.07) is 6.65. The van der Waals surface area contributed by atoms with Crippen LogP contribution in [0.5, 0.6) is 0 Å². The van der Waals surface area contributed by atoms with E-state index in [2.05, 4.69) is 5.32 Å². The van der Waals surface area contributed by atoms with E-state index in [1.54, 1.807) is 24.3 Å². The highest BCUT2D eigenvalue weighted by atomic mass is 35.5. The van der Waals surface area contributed by atoms with Crippen LogP contribution in [0, 0.1) is 29.1 Å². The second-order valence-electron chi connectivity index (χ2n) is 6.04. The zero-order chi connectivity index (χ0) is 21.7. The minimum atomic E-state index is -2.30. The molecule has 0 radical (unpaired) electrons. The number of carbonyl (C=O) groups is 2. The molecule has 0 saturated carbocycles. The Bertz CT molecular complexity index is 893. The molecule has 0 aliphatic rings. The van der Waals surface area contributed by atoms with Crippen molar-refractivity contribution >= 4 is 23.4 Å². The zero-order valence-corrected chi connectivity index (χ0v) is 15.9. The molecule has 0 aromatic heterocycles. The molecule has 0 spiro atoms. The molecule has 2 aromatic rings. The summed E-state index contributed by atoms with van der Waals surface area (Å²) in [7, 11) is 0. The maximum Gasteiger partial charge on any atom is 0.239 e. The lowest BCUT2D eigenvalue weighted by Gasteiger charge is -2.21. The van der Waals surface area contributed by atoms with Gasteiger partial charge < -0.3 is 10.2 Å². The van der Waals surface area contributed by atoms with E-state index in [-0.39, 0.29) is 13.1 Å². The van der Waals surface area contributed by atoms with Crippen LogP contribution in [0.15, 0.2) is 24.3 Å². The van der Waals surface area contributed by atoms with Gasteiger partial charge in [-0.15, -0.1) is 0 Å². The highest BCUT2D eigenvalue weighted by Crippen LogP contribution is 2.23. The number of hydrogen-bond acceptors (Lipinski definition) is 2. The number of rotatable bonds is 7. The summed E-state index contributed by atoms with van der Waals surface area (Å²) in [6.07, 6.45) is -1.08. The van der Waals surface area contributed by atoms with Crippen molar-refractivity contribution < 1.29 is 31.5 Å². The Morgan fingerprint density at radius 2 is 1.45 bits per heavy atom. The van der Waals surface area contributed by atoms with Gasteiger partial charge in [0, 0.05) is 23.7 Å². The van der Waals surface area contributed by atoms with Crippen molar-refractivity contribution in [3.8, 4) is 0 Å². The molecular weight excluding hydrogens is 419 g/mol. The lowest BCUT2D eigenvalue weighted by molar-refractivity contribution is -0.135. The van der Waals surface area contributed by atoms with E-state index in [9.17, 15) is 31.5 Å². The summed E-state index contributed by atoms with van der Waals surface area (Å²) < 4.78 is 67.1. The van der Waals surface area contributed by atoms with Gasteiger partial charge in [0.15, 0.2) is 23.3 Å². The van der Waals surface area contributed by atoms with Gasteiger partial charge >= 0.3 is 0 Å². The minimum absolute atomic E-state index is 0.0113. The van der Waals surface area contributed by atoms with Gasteiger partial charge in [0.25, 0.3) is 0 Å². The molecule has 0 heterocycles. The summed E-state index contributed by atoms with van der Waals surface area (Å²) in [4.78, 5) is 25.2. The third kappa shape index (κ3) is 5.44. The SMILES string of the molecule is CCN(CC(=O)NCc1ccc(Cl)cc1)C(=O)Cc1c(F)c(F)c(F)c(F)c1F. The molecule has 0 aliphatic carbocycles. The van der Waals surface area contributed by atoms with E-state index in [1.807, 2.05) is 0 Å². The normalized spacial score (nSPS) is 10.7. The number of nitrogens with one attached hydrogen (secondary N) is 1. The van der Waals surface area contributed by atoms with Crippen molar-refractivity contribution in [3.63, 3.8) is 0 Å². The fraction of sp³-hybridized carbons (Fsp3) is 0.263. The van der Waals surface area contributed by atoms with Crippen LogP contribution in [0.1, 0.15) is 18.1 Å². The maximum atomic E-state index is 13.7. The molecule has 0 fully saturated rings. The Hall–Kier alpha value is -2.68. The van der Waals surface area contributed by atoms with Gasteiger partial charge in [-0.25, -0.2) is 22.0 Å². The van der Waals surface area contributed by atoms with E-state index in [4.69, 9.17) is 11.6 Å². The van der Waals surface area contributed by atoms with Gasteiger partial charge in [-0.1, -0.05) is 23.7 Å². The molecule has 29 heavy (non-hydrogen) atoms. The van der Waals surface area contributed by atoms with Crippen molar-refractivity contribution in [1.29, 1.82) is 0 Å². The molecule has 156 valence electrons. The smallest absolute Gasteiger partial charge is 0.239 e. The lowest BCUT2D eigenvalue weighted by atomic mass is 10.1. The van der Waals surface area contributed by atoms with Crippen LogP contribution in [-0.2, 0) is 22.6 Å². The van der Waals surface area contributed by atoms with E-state index in [1.165, 1.54) is 6.92 Å². The zero-order valence-electron chi connectivity index (χ0n) is 15.2. The highest BCUT2D eigenvalue weighted by molar-refractivity contribution is 6.30. The van der Waals surface area contributed by atoms with E-state index in [0.717, 1.165) is 10.5 Å². The first-order chi connectivity index (χ1) is 13.6. The van der Waals surface area contributed by atoms with Gasteiger partial charge in [-0.05, 0) is 24.6 Å². The second kappa shape index (κ2) is 9.69. The molecule has 0 atom stereocenters. The van der Waals surface area contributed by atoms with Crippen LogP contribution >= 0.6 is 11.6 Å². The number of carbonyl (C=O) groups excluding carboxylic acids is 2. The molecule has 1 N–H and O–H groups in total. The van der Waals surface area contributed by atoms with Gasteiger partial charge in [0.05, 0.1) is 13.0 Å². The fourth-order valence-corrected chi connectivity index (χ4v) is 2.60. The lowest BCUT2D eigenvalue weighted by Crippen LogP contribution is -2.41. The Labute approximate surface area is 168 Å². The topological polar surface area (TPSA) is 49.4 Å². The van der Waals surface area contributed by atoms with Gasteiger partial charge in [0.1, 0.15) is 0 Å². The van der Waals surface area contributed by atoms with E-state index < -0.39 is 59.4 Å². The molecule has 0 aliphatic heterocycles. The van der Waals surface area contributed by atoms with E-state index in [0.29, 0.717) is 5.02 Å². The average molecular weight is 435 g/mol. The molecule has 10 heteroatoms. The van der Waals surface area contributed by atoms with Crippen molar-refractivity contribution in [2.75, 3.05) is 13.1 Å². The first-order valence-electron chi connectivity index (χ1n) is 8.44. The Morgan fingerprint density at radius 1 is 0.931 bits per heavy atom. The number of halogens is 6. The fourth-order valence-electron chi connectivity index (χ4n) is 2.48. The number of benzene rings is 2. The quantitative estimate of drug-likeness (QED) is 0.410. The minimum Gasteiger partial charge on any atom is -0.350 e. The van der Waals surface area contributed by atoms with Crippen molar-refractivity contribution in [2.24, 2.45) is 0 Å². The average Bonchev–Trinajstić information content (AvgIpc) is 2.71. The first-order valence-corrected chi connectivity index (χ1v) is 8.82. The number of amides is 2.